The van der Waals surface area contributed by atoms with Crippen molar-refractivity contribution >= 4 is 50.5 Å². The Morgan fingerprint density at radius 1 is 1.30 bits per heavy atom. The lowest BCUT2D eigenvalue weighted by Gasteiger charge is -2.12. The van der Waals surface area contributed by atoms with E-state index in [1.165, 1.54) is 17.9 Å². The number of nitrogens with one attached hydrogen (secondary N) is 2. The van der Waals surface area contributed by atoms with E-state index in [4.69, 9.17) is 17.2 Å². The number of nitrogen functional groups attached to an aromatic ring is 2. The summed E-state index contributed by atoms with van der Waals surface area (Å²) in [5.74, 6) is -1.80. The number of amides is 2. The molecule has 10 nitrogen and oxygen atoms in total. The summed E-state index contributed by atoms with van der Waals surface area (Å²) in [4.78, 5) is 36.3. The minimum absolute atomic E-state index is 0.171. The number of aromatic nitrogens is 2. The summed E-state index contributed by atoms with van der Waals surface area (Å²) in [5, 5.41) is 9.44. The molecule has 0 aliphatic carbocycles. The number of hydrogen-bond acceptors (Lipinski definition) is 10. The number of hydrogen-bond donors (Lipinski definition) is 3. The van der Waals surface area contributed by atoms with Gasteiger partial charge in [0.25, 0.3) is 11.8 Å². The molecule has 121 valence electrons. The van der Waals surface area contributed by atoms with E-state index in [0.717, 1.165) is 22.7 Å². The topological polar surface area (TPSA) is 169 Å². The first-order chi connectivity index (χ1) is 10.9. The molecule has 2 aromatic rings. The summed E-state index contributed by atoms with van der Waals surface area (Å²) in [6, 6.07) is -1.27. The zero-order valence-corrected chi connectivity index (χ0v) is 13.4. The molecule has 23 heavy (non-hydrogen) atoms. The highest BCUT2D eigenvalue weighted by atomic mass is 32.1. The summed E-state index contributed by atoms with van der Waals surface area (Å²) >= 11 is 2.21. The number of thiazole rings is 2. The Labute approximate surface area is 138 Å². The molecule has 1 atom stereocenters. The number of nitrogens with two attached hydrogens (primary N) is 2. The zero-order valence-electron chi connectivity index (χ0n) is 11.8. The van der Waals surface area contributed by atoms with Crippen LogP contribution in [0.4, 0.5) is 10.3 Å². The van der Waals surface area contributed by atoms with Gasteiger partial charge < -0.3 is 21.6 Å². The molecular formula is C11H12N7O3S2. The number of rotatable bonds is 6. The molecule has 1 radical (unpaired) electrons. The minimum Gasteiger partial charge on any atom is -0.398 e. The Bertz CT molecular complexity index is 754. The highest BCUT2D eigenvalue weighted by Gasteiger charge is 2.27. The van der Waals surface area contributed by atoms with Gasteiger partial charge in [0.05, 0.1) is 5.69 Å². The summed E-state index contributed by atoms with van der Waals surface area (Å²) < 4.78 is 0. The molecule has 2 rings (SSSR count). The Morgan fingerprint density at radius 3 is 2.43 bits per heavy atom. The predicted octanol–water partition coefficient (Wildman–Crippen LogP) is -0.218. The fraction of sp³-hybridized carbons (Fsp3) is 0.182. The van der Waals surface area contributed by atoms with Crippen molar-refractivity contribution in [1.29, 1.82) is 0 Å². The molecule has 2 aromatic heterocycles. The third-order valence-electron chi connectivity index (χ3n) is 2.54. The van der Waals surface area contributed by atoms with Crippen LogP contribution in [0.3, 0.4) is 0 Å². The van der Waals surface area contributed by atoms with Gasteiger partial charge in [-0.3, -0.25) is 15.3 Å². The molecule has 0 aromatic carbocycles. The van der Waals surface area contributed by atoms with Gasteiger partial charge in [-0.1, -0.05) is 5.16 Å². The molecule has 12 heteroatoms. The maximum atomic E-state index is 12.3. The number of carbonyl (C=O) groups is 2. The number of nitrogens with zero attached hydrogens (tertiary/aromatic N) is 3. The molecule has 0 saturated carbocycles. The van der Waals surface area contributed by atoms with E-state index < -0.39 is 17.9 Å². The van der Waals surface area contributed by atoms with Crippen molar-refractivity contribution in [3.63, 3.8) is 0 Å². The van der Waals surface area contributed by atoms with Crippen molar-refractivity contribution in [2.75, 3.05) is 18.6 Å². The molecule has 2 heterocycles. The fourth-order valence-electron chi connectivity index (χ4n) is 1.60. The van der Waals surface area contributed by atoms with E-state index in [1.807, 2.05) is 0 Å². The van der Waals surface area contributed by atoms with Crippen molar-refractivity contribution in [1.82, 2.24) is 21.0 Å². The first-order valence-corrected chi connectivity index (χ1v) is 7.78. The molecule has 0 spiro atoms. The van der Waals surface area contributed by atoms with Gasteiger partial charge in [-0.2, -0.15) is 0 Å². The van der Waals surface area contributed by atoms with Gasteiger partial charge in [0.1, 0.15) is 12.8 Å². The molecule has 0 aliphatic heterocycles. The summed E-state index contributed by atoms with van der Waals surface area (Å²) in [5.41, 5.74) is 18.5. The van der Waals surface area contributed by atoms with Crippen LogP contribution in [0.5, 0.6) is 0 Å². The largest absolute Gasteiger partial charge is 0.398 e. The average Bonchev–Trinajstić information content (AvgIpc) is 3.10. The van der Waals surface area contributed by atoms with Crippen LogP contribution in [0.2, 0.25) is 0 Å². The van der Waals surface area contributed by atoms with Gasteiger partial charge in [-0.25, -0.2) is 9.97 Å². The third-order valence-corrected chi connectivity index (χ3v) is 3.90. The Hall–Kier alpha value is -2.73. The molecule has 0 aliphatic rings. The maximum absolute atomic E-state index is 12.3. The molecule has 2 amide bonds. The van der Waals surface area contributed by atoms with E-state index in [0.29, 0.717) is 0 Å². The van der Waals surface area contributed by atoms with Crippen LogP contribution in [0, 0.1) is 0 Å². The van der Waals surface area contributed by atoms with Crippen molar-refractivity contribution < 1.29 is 14.4 Å². The van der Waals surface area contributed by atoms with Gasteiger partial charge >= 0.3 is 0 Å². The normalized spacial score (nSPS) is 12.7. The van der Waals surface area contributed by atoms with E-state index in [9.17, 15) is 9.59 Å². The van der Waals surface area contributed by atoms with Crippen LogP contribution in [0.1, 0.15) is 17.4 Å². The molecule has 0 bridgehead atoms. The first kappa shape index (κ1) is 16.6. The Kier molecular flexibility index (Phi) is 5.08. The quantitative estimate of drug-likeness (QED) is 0.475. The van der Waals surface area contributed by atoms with Gasteiger partial charge in [0.2, 0.25) is 0 Å². The summed E-state index contributed by atoms with van der Waals surface area (Å²) in [6.45, 7) is 0. The van der Waals surface area contributed by atoms with Crippen LogP contribution >= 0.6 is 22.7 Å². The maximum Gasteiger partial charge on any atom is 0.276 e. The second-order valence-electron chi connectivity index (χ2n) is 4.07. The zero-order chi connectivity index (χ0) is 17.0. The van der Waals surface area contributed by atoms with Crippen LogP contribution in [-0.4, -0.2) is 34.6 Å². The van der Waals surface area contributed by atoms with Gasteiger partial charge in [0.15, 0.2) is 22.0 Å². The van der Waals surface area contributed by atoms with E-state index in [1.54, 1.807) is 0 Å². The Balaban J connectivity index is 2.26. The molecule has 0 saturated heterocycles. The number of oxime groups is 1. The van der Waals surface area contributed by atoms with Crippen LogP contribution in [-0.2, 0) is 14.4 Å². The van der Waals surface area contributed by atoms with E-state index in [2.05, 4.69) is 25.3 Å². The summed E-state index contributed by atoms with van der Waals surface area (Å²) in [7, 11) is 1.26. The highest BCUT2D eigenvalue weighted by Crippen LogP contribution is 2.19. The molecule has 0 fully saturated rings. The van der Waals surface area contributed by atoms with Crippen LogP contribution < -0.4 is 22.5 Å². The predicted molar refractivity (Wildman–Crippen MR) is 85.6 cm³/mol. The molecule has 6 N–H and O–H groups in total. The summed E-state index contributed by atoms with van der Waals surface area (Å²) in [6.07, 6.45) is 0. The number of carbonyl (C=O) groups excluding carboxylic acids is 2. The van der Waals surface area contributed by atoms with Crippen LogP contribution in [0.25, 0.3) is 0 Å². The van der Waals surface area contributed by atoms with E-state index >= 15 is 0 Å². The Morgan fingerprint density at radius 2 is 1.96 bits per heavy atom. The second-order valence-corrected chi connectivity index (χ2v) is 5.85. The van der Waals surface area contributed by atoms with Crippen molar-refractivity contribution in [2.45, 2.75) is 6.04 Å². The average molecular weight is 354 g/mol. The van der Waals surface area contributed by atoms with Gasteiger partial charge in [0, 0.05) is 10.8 Å². The lowest BCUT2D eigenvalue weighted by atomic mass is 10.2. The molecular weight excluding hydrogens is 342 g/mol. The van der Waals surface area contributed by atoms with Crippen molar-refractivity contribution in [3.8, 4) is 0 Å². The monoisotopic (exact) mass is 354 g/mol. The fourth-order valence-corrected chi connectivity index (χ4v) is 2.73. The lowest BCUT2D eigenvalue weighted by molar-refractivity contribution is -0.125. The SMILES string of the molecule is CO/N=C(\C(=O)NC(C([NH])=O)c1csc(N)n1)c1csc(N)n1. The standard InChI is InChI=1S/C11H12N7O3S2/c1-21-18-7(5-3-23-11(14)16-5)9(20)17-6(8(12)19)4-2-22-10(13)15-4/h2-3,6,12H,1H3,(H2,13,15)(H2,14,16)(H,17,20)/b18-7-. The number of anilines is 2. The van der Waals surface area contributed by atoms with E-state index in [-0.39, 0.29) is 27.4 Å². The van der Waals surface area contributed by atoms with Crippen LogP contribution in [0.15, 0.2) is 15.9 Å². The molecule has 1 unspecified atom stereocenters. The van der Waals surface area contributed by atoms with Gasteiger partial charge in [-0.05, 0) is 0 Å². The highest BCUT2D eigenvalue weighted by molar-refractivity contribution is 7.14. The van der Waals surface area contributed by atoms with Crippen molar-refractivity contribution in [2.24, 2.45) is 5.16 Å². The smallest absolute Gasteiger partial charge is 0.276 e. The minimum atomic E-state index is -1.27. The van der Waals surface area contributed by atoms with Gasteiger partial charge in [-0.15, -0.1) is 22.7 Å². The third kappa shape index (κ3) is 3.92. The second kappa shape index (κ2) is 7.02. The lowest BCUT2D eigenvalue weighted by Crippen LogP contribution is -2.39. The first-order valence-electron chi connectivity index (χ1n) is 6.02. The van der Waals surface area contributed by atoms with Crippen molar-refractivity contribution in [3.05, 3.63) is 22.1 Å².